The molecule has 2 aromatic rings. The van der Waals surface area contributed by atoms with Crippen molar-refractivity contribution >= 4 is 38.5 Å². The summed E-state index contributed by atoms with van der Waals surface area (Å²) in [5, 5.41) is 5.97. The third-order valence-corrected chi connectivity index (χ3v) is 4.88. The van der Waals surface area contributed by atoms with Gasteiger partial charge in [-0.15, -0.1) is 11.3 Å². The lowest BCUT2D eigenvalue weighted by Crippen LogP contribution is -2.07. The predicted molar refractivity (Wildman–Crippen MR) is 93.2 cm³/mol. The van der Waals surface area contributed by atoms with E-state index in [9.17, 15) is 17.6 Å². The molecule has 0 radical (unpaired) electrons. The van der Waals surface area contributed by atoms with Gasteiger partial charge >= 0.3 is 5.97 Å². The summed E-state index contributed by atoms with van der Waals surface area (Å²) in [6, 6.07) is 3.34. The molecule has 0 saturated carbocycles. The van der Waals surface area contributed by atoms with Crippen LogP contribution in [-0.4, -0.2) is 38.4 Å². The van der Waals surface area contributed by atoms with Crippen LogP contribution in [0.4, 0.5) is 9.52 Å². The fourth-order valence-electron chi connectivity index (χ4n) is 1.91. The van der Waals surface area contributed by atoms with E-state index in [2.05, 4.69) is 15.5 Å². The number of anilines is 1. The molecule has 1 heterocycles. The molecule has 25 heavy (non-hydrogen) atoms. The number of nitrogens with one attached hydrogen (secondary N) is 1. The minimum absolute atomic E-state index is 0.0263. The molecule has 2 rings (SSSR count). The molecule has 0 bridgehead atoms. The number of benzene rings is 1. The van der Waals surface area contributed by atoms with Gasteiger partial charge in [-0.25, -0.2) is 17.8 Å². The largest absolute Gasteiger partial charge is 0.466 e. The van der Waals surface area contributed by atoms with E-state index in [1.807, 2.05) is 0 Å². The van der Waals surface area contributed by atoms with Crippen LogP contribution in [0.5, 0.6) is 0 Å². The topological polar surface area (TPSA) is 97.7 Å². The van der Waals surface area contributed by atoms with E-state index in [-0.39, 0.29) is 22.8 Å². The number of carbonyl (C=O) groups is 1. The summed E-state index contributed by atoms with van der Waals surface area (Å²) < 4.78 is 41.6. The maximum absolute atomic E-state index is 13.3. The zero-order valence-electron chi connectivity index (χ0n) is 13.5. The average Bonchev–Trinajstić information content (AvgIpc) is 2.93. The lowest BCUT2D eigenvalue weighted by atomic mass is 10.2. The van der Waals surface area contributed by atoms with Crippen LogP contribution in [0.15, 0.2) is 33.6 Å². The van der Waals surface area contributed by atoms with Crippen LogP contribution >= 0.6 is 11.3 Å². The highest BCUT2D eigenvalue weighted by Gasteiger charge is 2.13. The Labute approximate surface area is 148 Å². The number of rotatable bonds is 7. The fraction of sp³-hybridized carbons (Fsp3) is 0.267. The number of ether oxygens (including phenoxy) is 1. The summed E-state index contributed by atoms with van der Waals surface area (Å²) in [6.45, 7) is 2.02. The number of thiazole rings is 1. The van der Waals surface area contributed by atoms with Gasteiger partial charge in [-0.1, -0.05) is 0 Å². The fourth-order valence-corrected chi connectivity index (χ4v) is 3.43. The number of hydrazone groups is 1. The quantitative estimate of drug-likeness (QED) is 0.340. The van der Waals surface area contributed by atoms with Gasteiger partial charge in [0.05, 0.1) is 29.8 Å². The van der Waals surface area contributed by atoms with Gasteiger partial charge in [0.25, 0.3) is 0 Å². The molecule has 0 fully saturated rings. The van der Waals surface area contributed by atoms with Crippen LogP contribution in [0, 0.1) is 5.82 Å². The first-order chi connectivity index (χ1) is 11.8. The normalized spacial score (nSPS) is 11.6. The molecule has 0 spiro atoms. The number of nitrogens with zero attached hydrogens (tertiary/aromatic N) is 2. The lowest BCUT2D eigenvalue weighted by molar-refractivity contribution is -0.142. The average molecular weight is 385 g/mol. The first kappa shape index (κ1) is 19.0. The van der Waals surface area contributed by atoms with E-state index < -0.39 is 15.7 Å². The molecule has 1 aromatic carbocycles. The molecule has 0 aliphatic rings. The molecule has 10 heteroatoms. The minimum atomic E-state index is -3.51. The van der Waals surface area contributed by atoms with Crippen LogP contribution in [0.25, 0.3) is 0 Å². The Morgan fingerprint density at radius 3 is 2.92 bits per heavy atom. The number of carbonyl (C=O) groups excluding carboxylic acids is 1. The molecule has 0 amide bonds. The van der Waals surface area contributed by atoms with E-state index >= 15 is 0 Å². The summed E-state index contributed by atoms with van der Waals surface area (Å²) in [4.78, 5) is 15.5. The van der Waals surface area contributed by atoms with Crippen molar-refractivity contribution in [1.82, 2.24) is 4.98 Å². The lowest BCUT2D eigenvalue weighted by Gasteiger charge is -2.03. The monoisotopic (exact) mass is 385 g/mol. The Hall–Kier alpha value is -2.33. The van der Waals surface area contributed by atoms with Crippen LogP contribution in [0.3, 0.4) is 0 Å². The van der Waals surface area contributed by atoms with Crippen LogP contribution in [0.1, 0.15) is 18.2 Å². The minimum Gasteiger partial charge on any atom is -0.466 e. The molecule has 1 N–H and O–H groups in total. The third-order valence-electron chi connectivity index (χ3n) is 2.92. The van der Waals surface area contributed by atoms with Crippen molar-refractivity contribution in [3.8, 4) is 0 Å². The van der Waals surface area contributed by atoms with Gasteiger partial charge < -0.3 is 4.74 Å². The van der Waals surface area contributed by atoms with Crippen molar-refractivity contribution < 1.29 is 22.3 Å². The standard InChI is InChI=1S/C15H16FN3O4S2/c1-3-23-14(20)7-12-9-24-15(18-12)19-17-8-10-6-11(16)4-5-13(10)25(2,21)22/h4-6,8-9H,3,7H2,1-2H3,(H,18,19). The van der Waals surface area contributed by atoms with Gasteiger partial charge in [0.2, 0.25) is 5.13 Å². The van der Waals surface area contributed by atoms with Crippen molar-refractivity contribution in [3.63, 3.8) is 0 Å². The van der Waals surface area contributed by atoms with E-state index in [4.69, 9.17) is 4.74 Å². The van der Waals surface area contributed by atoms with Gasteiger partial charge in [0.1, 0.15) is 5.82 Å². The van der Waals surface area contributed by atoms with E-state index in [1.54, 1.807) is 12.3 Å². The maximum Gasteiger partial charge on any atom is 0.311 e. The second-order valence-corrected chi connectivity index (χ2v) is 7.79. The van der Waals surface area contributed by atoms with E-state index in [1.165, 1.54) is 23.6 Å². The number of aromatic nitrogens is 1. The Balaban J connectivity index is 2.08. The molecular formula is C15H16FN3O4S2. The van der Waals surface area contributed by atoms with Crippen molar-refractivity contribution in [2.45, 2.75) is 18.2 Å². The van der Waals surface area contributed by atoms with E-state index in [0.29, 0.717) is 17.4 Å². The zero-order valence-corrected chi connectivity index (χ0v) is 15.2. The van der Waals surface area contributed by atoms with Crippen molar-refractivity contribution in [3.05, 3.63) is 40.7 Å². The summed E-state index contributed by atoms with van der Waals surface area (Å²) >= 11 is 1.22. The Kier molecular flexibility index (Phi) is 6.21. The summed E-state index contributed by atoms with van der Waals surface area (Å²) in [7, 11) is -3.51. The molecule has 0 saturated heterocycles. The van der Waals surface area contributed by atoms with Gasteiger partial charge in [0.15, 0.2) is 9.84 Å². The number of esters is 1. The first-order valence-corrected chi connectivity index (χ1v) is 9.95. The van der Waals surface area contributed by atoms with Crippen LogP contribution < -0.4 is 5.43 Å². The number of halogens is 1. The number of sulfone groups is 1. The first-order valence-electron chi connectivity index (χ1n) is 7.18. The summed E-state index contributed by atoms with van der Waals surface area (Å²) in [5.74, 6) is -0.944. The van der Waals surface area contributed by atoms with Crippen molar-refractivity contribution in [2.75, 3.05) is 18.3 Å². The maximum atomic E-state index is 13.3. The van der Waals surface area contributed by atoms with Crippen LogP contribution in [-0.2, 0) is 25.8 Å². The third kappa shape index (κ3) is 5.61. The molecule has 0 atom stereocenters. The van der Waals surface area contributed by atoms with Gasteiger partial charge in [0, 0.05) is 17.2 Å². The Morgan fingerprint density at radius 1 is 1.48 bits per heavy atom. The summed E-state index contributed by atoms with van der Waals surface area (Å²) in [5.41, 5.74) is 3.28. The van der Waals surface area contributed by atoms with Crippen molar-refractivity contribution in [2.24, 2.45) is 5.10 Å². The van der Waals surface area contributed by atoms with Crippen molar-refractivity contribution in [1.29, 1.82) is 0 Å². The highest BCUT2D eigenvalue weighted by molar-refractivity contribution is 7.90. The van der Waals surface area contributed by atoms with E-state index in [0.717, 1.165) is 18.4 Å². The molecule has 7 nitrogen and oxygen atoms in total. The Morgan fingerprint density at radius 2 is 2.24 bits per heavy atom. The molecule has 0 aliphatic heterocycles. The molecule has 0 unspecified atom stereocenters. The highest BCUT2D eigenvalue weighted by atomic mass is 32.2. The molecule has 0 aliphatic carbocycles. The summed E-state index contributed by atoms with van der Waals surface area (Å²) in [6.07, 6.45) is 2.29. The number of hydrogen-bond acceptors (Lipinski definition) is 8. The SMILES string of the molecule is CCOC(=O)Cc1csc(NN=Cc2cc(F)ccc2S(C)(=O)=O)n1. The molecular weight excluding hydrogens is 369 g/mol. The predicted octanol–water partition coefficient (Wildman–Crippen LogP) is 2.24. The second-order valence-electron chi connectivity index (χ2n) is 4.95. The highest BCUT2D eigenvalue weighted by Crippen LogP contribution is 2.18. The van der Waals surface area contributed by atoms with Gasteiger partial charge in [-0.2, -0.15) is 5.10 Å². The van der Waals surface area contributed by atoms with Gasteiger partial charge in [-0.05, 0) is 25.1 Å². The molecule has 134 valence electrons. The zero-order chi connectivity index (χ0) is 18.4. The second kappa shape index (κ2) is 8.17. The number of hydrogen-bond donors (Lipinski definition) is 1. The molecule has 1 aromatic heterocycles. The Bertz CT molecular complexity index is 894. The van der Waals surface area contributed by atoms with Gasteiger partial charge in [-0.3, -0.25) is 10.2 Å². The smallest absolute Gasteiger partial charge is 0.311 e. The van der Waals surface area contributed by atoms with Crippen LogP contribution in [0.2, 0.25) is 0 Å².